The molecule has 1 aliphatic carbocycles. The van der Waals surface area contributed by atoms with Gasteiger partial charge in [0.05, 0.1) is 6.20 Å². The van der Waals surface area contributed by atoms with Crippen molar-refractivity contribution in [1.29, 1.82) is 0 Å². The topological polar surface area (TPSA) is 25.8 Å². The molecule has 0 aromatic carbocycles. The van der Waals surface area contributed by atoms with E-state index in [2.05, 4.69) is 33.1 Å². The molecule has 0 N–H and O–H groups in total. The summed E-state index contributed by atoms with van der Waals surface area (Å²) in [5.41, 5.74) is 2.61. The molecule has 0 amide bonds. The zero-order valence-electron chi connectivity index (χ0n) is 7.35. The highest BCUT2D eigenvalue weighted by atomic mass is 79.9. The lowest BCUT2D eigenvalue weighted by Crippen LogP contribution is -2.12. The van der Waals surface area contributed by atoms with E-state index in [1.54, 1.807) is 6.20 Å². The summed E-state index contributed by atoms with van der Waals surface area (Å²) in [6, 6.07) is 0. The number of aromatic nitrogens is 2. The van der Waals surface area contributed by atoms with Crippen molar-refractivity contribution in [2.24, 2.45) is 0 Å². The number of rotatable bonds is 2. The summed E-state index contributed by atoms with van der Waals surface area (Å²) < 4.78 is 0.852. The second-order valence-corrected chi connectivity index (χ2v) is 4.63. The van der Waals surface area contributed by atoms with Crippen molar-refractivity contribution in [3.63, 3.8) is 0 Å². The van der Waals surface area contributed by atoms with Crippen molar-refractivity contribution >= 4 is 27.5 Å². The largest absolute Gasteiger partial charge is 0.158 e. The number of hydrogen-bond acceptors (Lipinski definition) is 2. The summed E-state index contributed by atoms with van der Waals surface area (Å²) in [7, 11) is 0. The van der Waals surface area contributed by atoms with Gasteiger partial charge in [-0.1, -0.05) is 0 Å². The van der Waals surface area contributed by atoms with Gasteiger partial charge < -0.3 is 0 Å². The highest BCUT2D eigenvalue weighted by Gasteiger charge is 2.46. The molecule has 2 nitrogen and oxygen atoms in total. The molecule has 1 aromatic rings. The summed E-state index contributed by atoms with van der Waals surface area (Å²) >= 11 is 9.40. The monoisotopic (exact) mass is 260 g/mol. The Morgan fingerprint density at radius 1 is 1.62 bits per heavy atom. The molecule has 2 rings (SSSR count). The van der Waals surface area contributed by atoms with Crippen LogP contribution in [0.2, 0.25) is 0 Å². The molecule has 1 aromatic heterocycles. The van der Waals surface area contributed by atoms with Gasteiger partial charge in [0.2, 0.25) is 0 Å². The van der Waals surface area contributed by atoms with Gasteiger partial charge in [0, 0.05) is 11.3 Å². The predicted octanol–water partition coefficient (Wildman–Crippen LogP) is 2.82. The molecule has 70 valence electrons. The van der Waals surface area contributed by atoms with Crippen LogP contribution in [0.5, 0.6) is 0 Å². The number of halogens is 2. The minimum Gasteiger partial charge on any atom is -0.158 e. The van der Waals surface area contributed by atoms with Crippen LogP contribution >= 0.6 is 27.5 Å². The van der Waals surface area contributed by atoms with Crippen LogP contribution in [0.25, 0.3) is 0 Å². The Hall–Kier alpha value is -0.150. The van der Waals surface area contributed by atoms with E-state index in [-0.39, 0.29) is 5.41 Å². The fourth-order valence-electron chi connectivity index (χ4n) is 1.68. The lowest BCUT2D eigenvalue weighted by atomic mass is 9.97. The second kappa shape index (κ2) is 3.21. The highest BCUT2D eigenvalue weighted by Crippen LogP contribution is 2.51. The summed E-state index contributed by atoms with van der Waals surface area (Å²) in [4.78, 5) is 0. The molecule has 1 fully saturated rings. The summed E-state index contributed by atoms with van der Waals surface area (Å²) in [5, 5.41) is 7.88. The van der Waals surface area contributed by atoms with Crippen LogP contribution in [0.4, 0.5) is 0 Å². The van der Waals surface area contributed by atoms with E-state index in [4.69, 9.17) is 11.6 Å². The van der Waals surface area contributed by atoms with E-state index < -0.39 is 0 Å². The average molecular weight is 262 g/mol. The van der Waals surface area contributed by atoms with Crippen molar-refractivity contribution in [3.8, 4) is 0 Å². The minimum atomic E-state index is 0.181. The van der Waals surface area contributed by atoms with Crippen LogP contribution in [0.1, 0.15) is 24.0 Å². The van der Waals surface area contributed by atoms with E-state index in [0.717, 1.165) is 4.60 Å². The first-order chi connectivity index (χ1) is 6.19. The Labute approximate surface area is 90.8 Å². The molecule has 1 heterocycles. The highest BCUT2D eigenvalue weighted by molar-refractivity contribution is 9.10. The van der Waals surface area contributed by atoms with Gasteiger partial charge in [0.25, 0.3) is 0 Å². The zero-order chi connectivity index (χ0) is 9.47. The van der Waals surface area contributed by atoms with Gasteiger partial charge in [0.1, 0.15) is 4.60 Å². The van der Waals surface area contributed by atoms with Crippen LogP contribution in [0.15, 0.2) is 10.8 Å². The predicted molar refractivity (Wildman–Crippen MR) is 56.1 cm³/mol. The molecule has 0 atom stereocenters. The van der Waals surface area contributed by atoms with E-state index in [1.165, 1.54) is 24.0 Å². The van der Waals surface area contributed by atoms with Gasteiger partial charge in [-0.15, -0.1) is 16.7 Å². The Morgan fingerprint density at radius 2 is 2.31 bits per heavy atom. The number of nitrogens with zero attached hydrogens (tertiary/aromatic N) is 2. The zero-order valence-corrected chi connectivity index (χ0v) is 9.69. The molecule has 1 aliphatic rings. The number of hydrogen-bond donors (Lipinski definition) is 0. The first-order valence-corrected chi connectivity index (χ1v) is 5.56. The van der Waals surface area contributed by atoms with Gasteiger partial charge in [-0.3, -0.25) is 0 Å². The first kappa shape index (κ1) is 9.41. The van der Waals surface area contributed by atoms with Gasteiger partial charge in [0.15, 0.2) is 0 Å². The molecular weight excluding hydrogens is 251 g/mol. The summed E-state index contributed by atoms with van der Waals surface area (Å²) in [6.45, 7) is 2.06. The van der Waals surface area contributed by atoms with Crippen LogP contribution in [-0.4, -0.2) is 16.1 Å². The number of aryl methyl sites for hydroxylation is 1. The fourth-order valence-corrected chi connectivity index (χ4v) is 2.91. The third-order valence-corrected chi connectivity index (χ3v) is 3.70. The molecule has 13 heavy (non-hydrogen) atoms. The van der Waals surface area contributed by atoms with Crippen molar-refractivity contribution in [1.82, 2.24) is 10.2 Å². The Balaban J connectivity index is 2.50. The Bertz CT molecular complexity index is 316. The molecule has 0 saturated heterocycles. The van der Waals surface area contributed by atoms with E-state index >= 15 is 0 Å². The molecule has 0 unspecified atom stereocenters. The van der Waals surface area contributed by atoms with E-state index in [1.807, 2.05) is 0 Å². The van der Waals surface area contributed by atoms with Crippen molar-refractivity contribution < 1.29 is 0 Å². The molecule has 0 bridgehead atoms. The maximum Gasteiger partial charge on any atom is 0.132 e. The Morgan fingerprint density at radius 3 is 2.77 bits per heavy atom. The fraction of sp³-hybridized carbons (Fsp3) is 0.556. The van der Waals surface area contributed by atoms with Crippen molar-refractivity contribution in [2.45, 2.75) is 25.2 Å². The van der Waals surface area contributed by atoms with Crippen molar-refractivity contribution in [2.75, 3.05) is 5.88 Å². The molecule has 0 radical (unpaired) electrons. The van der Waals surface area contributed by atoms with Gasteiger partial charge >= 0.3 is 0 Å². The quantitative estimate of drug-likeness (QED) is 0.765. The average Bonchev–Trinajstić information content (AvgIpc) is 2.85. The standard InChI is InChI=1S/C9H10BrClN2/c1-6-4-12-13-8(10)7(6)9(5-11)2-3-9/h4H,2-3,5H2,1H3. The normalized spacial score (nSPS) is 18.7. The molecular formula is C9H10BrClN2. The number of alkyl halides is 1. The van der Waals surface area contributed by atoms with Gasteiger partial charge in [-0.05, 0) is 46.8 Å². The van der Waals surface area contributed by atoms with Crippen LogP contribution in [-0.2, 0) is 5.41 Å². The second-order valence-electron chi connectivity index (χ2n) is 3.61. The summed E-state index contributed by atoms with van der Waals surface area (Å²) in [5.74, 6) is 0.679. The van der Waals surface area contributed by atoms with Gasteiger partial charge in [-0.25, -0.2) is 0 Å². The summed E-state index contributed by atoms with van der Waals surface area (Å²) in [6.07, 6.45) is 4.13. The van der Waals surface area contributed by atoms with Crippen LogP contribution in [0, 0.1) is 6.92 Å². The third kappa shape index (κ3) is 1.48. The third-order valence-electron chi connectivity index (χ3n) is 2.64. The smallest absolute Gasteiger partial charge is 0.132 e. The lowest BCUT2D eigenvalue weighted by molar-refractivity contribution is 0.758. The Kier molecular flexibility index (Phi) is 2.32. The van der Waals surface area contributed by atoms with Crippen molar-refractivity contribution in [3.05, 3.63) is 21.9 Å². The lowest BCUT2D eigenvalue weighted by Gasteiger charge is -2.15. The molecule has 0 spiro atoms. The van der Waals surface area contributed by atoms with E-state index in [0.29, 0.717) is 5.88 Å². The van der Waals surface area contributed by atoms with E-state index in [9.17, 15) is 0 Å². The van der Waals surface area contributed by atoms with Crippen LogP contribution in [0.3, 0.4) is 0 Å². The van der Waals surface area contributed by atoms with Gasteiger partial charge in [-0.2, -0.15) is 5.10 Å². The molecule has 4 heteroatoms. The molecule has 1 saturated carbocycles. The minimum absolute atomic E-state index is 0.181. The molecule has 0 aliphatic heterocycles. The maximum atomic E-state index is 5.97. The van der Waals surface area contributed by atoms with Crippen LogP contribution < -0.4 is 0 Å². The maximum absolute atomic E-state index is 5.97. The first-order valence-electron chi connectivity index (χ1n) is 4.24. The SMILES string of the molecule is Cc1cnnc(Br)c1C1(CCl)CC1.